The highest BCUT2D eigenvalue weighted by molar-refractivity contribution is 5.36. The summed E-state index contributed by atoms with van der Waals surface area (Å²) >= 11 is 0. The second-order valence-corrected chi connectivity index (χ2v) is 5.11. The highest BCUT2D eigenvalue weighted by Gasteiger charge is 2.05. The van der Waals surface area contributed by atoms with Gasteiger partial charge in [-0.2, -0.15) is 0 Å². The van der Waals surface area contributed by atoms with Gasteiger partial charge in [-0.15, -0.1) is 0 Å². The molecule has 1 aromatic carbocycles. The van der Waals surface area contributed by atoms with Crippen LogP contribution in [0.4, 0.5) is 4.39 Å². The molecule has 23 heavy (non-hydrogen) atoms. The van der Waals surface area contributed by atoms with Crippen molar-refractivity contribution < 1.29 is 9.13 Å². The van der Waals surface area contributed by atoms with Gasteiger partial charge in [0.05, 0.1) is 5.69 Å². The fraction of sp³-hybridized carbons (Fsp3) is 0.111. The first-order chi connectivity index (χ1) is 11.1. The molecular formula is C18H15FN2O2. The fourth-order valence-electron chi connectivity index (χ4n) is 2.28. The van der Waals surface area contributed by atoms with Crippen LogP contribution in [0.3, 0.4) is 0 Å². The van der Waals surface area contributed by atoms with Crippen LogP contribution in [0.2, 0.25) is 0 Å². The molecule has 0 aliphatic heterocycles. The number of nitrogens with zero attached hydrogens (tertiary/aromatic N) is 2. The molecule has 0 saturated carbocycles. The molecule has 0 amide bonds. The molecule has 2 heterocycles. The molecule has 2 aromatic heterocycles. The first-order valence-corrected chi connectivity index (χ1v) is 7.16. The Labute approximate surface area is 132 Å². The Morgan fingerprint density at radius 2 is 1.91 bits per heavy atom. The smallest absolute Gasteiger partial charge is 0.255 e. The summed E-state index contributed by atoms with van der Waals surface area (Å²) in [5, 5.41) is 0. The standard InChI is InChI=1S/C18H15FN2O2/c1-13-3-2-4-18(22)21(13)16-9-10-20-17(11-16)23-12-14-5-7-15(19)8-6-14/h2-11H,12H2,1H3. The molecule has 3 aromatic rings. The van der Waals surface area contributed by atoms with Crippen LogP contribution in [-0.4, -0.2) is 9.55 Å². The van der Waals surface area contributed by atoms with E-state index in [0.29, 0.717) is 11.6 Å². The predicted octanol–water partition coefficient (Wildman–Crippen LogP) is 3.26. The van der Waals surface area contributed by atoms with Gasteiger partial charge in [0.15, 0.2) is 0 Å². The number of benzene rings is 1. The van der Waals surface area contributed by atoms with Crippen molar-refractivity contribution in [2.24, 2.45) is 0 Å². The maximum atomic E-state index is 12.9. The van der Waals surface area contributed by atoms with Crippen molar-refractivity contribution in [3.05, 3.63) is 88.2 Å². The Kier molecular flexibility index (Phi) is 4.19. The zero-order valence-corrected chi connectivity index (χ0v) is 12.6. The van der Waals surface area contributed by atoms with E-state index < -0.39 is 0 Å². The van der Waals surface area contributed by atoms with Gasteiger partial charge >= 0.3 is 0 Å². The molecule has 0 spiro atoms. The van der Waals surface area contributed by atoms with Crippen molar-refractivity contribution in [3.8, 4) is 11.6 Å². The van der Waals surface area contributed by atoms with E-state index in [4.69, 9.17) is 4.74 Å². The highest BCUT2D eigenvalue weighted by atomic mass is 19.1. The molecule has 5 heteroatoms. The van der Waals surface area contributed by atoms with Crippen LogP contribution in [0.5, 0.6) is 5.88 Å². The van der Waals surface area contributed by atoms with Gasteiger partial charge in [0, 0.05) is 24.0 Å². The molecule has 0 aliphatic carbocycles. The summed E-state index contributed by atoms with van der Waals surface area (Å²) < 4.78 is 20.1. The van der Waals surface area contributed by atoms with Crippen molar-refractivity contribution in [1.82, 2.24) is 9.55 Å². The van der Waals surface area contributed by atoms with Gasteiger partial charge in [0.1, 0.15) is 12.4 Å². The van der Waals surface area contributed by atoms with Gasteiger partial charge in [-0.25, -0.2) is 9.37 Å². The van der Waals surface area contributed by atoms with Gasteiger partial charge in [0.2, 0.25) is 5.88 Å². The molecule has 0 radical (unpaired) electrons. The van der Waals surface area contributed by atoms with E-state index >= 15 is 0 Å². The molecule has 0 unspecified atom stereocenters. The minimum atomic E-state index is -0.284. The molecule has 0 saturated heterocycles. The van der Waals surface area contributed by atoms with Crippen molar-refractivity contribution in [2.45, 2.75) is 13.5 Å². The lowest BCUT2D eigenvalue weighted by Gasteiger charge is -2.11. The second kappa shape index (κ2) is 6.44. The summed E-state index contributed by atoms with van der Waals surface area (Å²) in [6, 6.07) is 14.6. The third-order valence-corrected chi connectivity index (χ3v) is 3.43. The van der Waals surface area contributed by atoms with E-state index in [9.17, 15) is 9.18 Å². The number of aryl methyl sites for hydroxylation is 1. The Balaban J connectivity index is 1.83. The minimum Gasteiger partial charge on any atom is -0.473 e. The van der Waals surface area contributed by atoms with E-state index in [1.165, 1.54) is 18.2 Å². The highest BCUT2D eigenvalue weighted by Crippen LogP contribution is 2.15. The van der Waals surface area contributed by atoms with Gasteiger partial charge in [0.25, 0.3) is 5.56 Å². The summed E-state index contributed by atoms with van der Waals surface area (Å²) in [7, 11) is 0. The summed E-state index contributed by atoms with van der Waals surface area (Å²) in [5.74, 6) is 0.120. The van der Waals surface area contributed by atoms with Gasteiger partial charge in [-0.3, -0.25) is 9.36 Å². The first-order valence-electron chi connectivity index (χ1n) is 7.16. The lowest BCUT2D eigenvalue weighted by molar-refractivity contribution is 0.293. The Hall–Kier alpha value is -2.95. The number of ether oxygens (including phenoxy) is 1. The molecule has 3 rings (SSSR count). The maximum Gasteiger partial charge on any atom is 0.255 e. The topological polar surface area (TPSA) is 44.1 Å². The lowest BCUT2D eigenvalue weighted by atomic mass is 10.2. The largest absolute Gasteiger partial charge is 0.473 e. The predicted molar refractivity (Wildman–Crippen MR) is 85.3 cm³/mol. The van der Waals surface area contributed by atoms with Gasteiger partial charge in [-0.1, -0.05) is 18.2 Å². The number of hydrogen-bond donors (Lipinski definition) is 0. The Morgan fingerprint density at radius 3 is 2.65 bits per heavy atom. The van der Waals surface area contributed by atoms with E-state index in [1.54, 1.807) is 41.1 Å². The molecule has 0 fully saturated rings. The fourth-order valence-corrected chi connectivity index (χ4v) is 2.28. The average molecular weight is 310 g/mol. The monoisotopic (exact) mass is 310 g/mol. The average Bonchev–Trinajstić information content (AvgIpc) is 2.55. The van der Waals surface area contributed by atoms with Crippen LogP contribution in [0.1, 0.15) is 11.3 Å². The van der Waals surface area contributed by atoms with Crippen LogP contribution in [0.15, 0.2) is 65.6 Å². The third kappa shape index (κ3) is 3.45. The molecule has 0 aliphatic rings. The van der Waals surface area contributed by atoms with Crippen LogP contribution >= 0.6 is 0 Å². The quantitative estimate of drug-likeness (QED) is 0.743. The normalized spacial score (nSPS) is 10.5. The van der Waals surface area contributed by atoms with Crippen molar-refractivity contribution in [1.29, 1.82) is 0 Å². The number of aromatic nitrogens is 2. The van der Waals surface area contributed by atoms with Crippen LogP contribution in [0.25, 0.3) is 5.69 Å². The first kappa shape index (κ1) is 15.0. The SMILES string of the molecule is Cc1cccc(=O)n1-c1ccnc(OCc2ccc(F)cc2)c1. The van der Waals surface area contributed by atoms with Crippen LogP contribution in [-0.2, 0) is 6.61 Å². The molecule has 116 valence electrons. The zero-order chi connectivity index (χ0) is 16.2. The van der Waals surface area contributed by atoms with Gasteiger partial charge < -0.3 is 4.74 Å². The molecular weight excluding hydrogens is 295 g/mol. The molecule has 0 atom stereocenters. The number of hydrogen-bond acceptors (Lipinski definition) is 3. The van der Waals surface area contributed by atoms with E-state index in [2.05, 4.69) is 4.98 Å². The summed E-state index contributed by atoms with van der Waals surface area (Å²) in [6.45, 7) is 2.14. The number of halogens is 1. The third-order valence-electron chi connectivity index (χ3n) is 3.43. The number of pyridine rings is 2. The summed E-state index contributed by atoms with van der Waals surface area (Å²) in [5.41, 5.74) is 2.25. The van der Waals surface area contributed by atoms with E-state index in [1.807, 2.05) is 13.0 Å². The molecule has 4 nitrogen and oxygen atoms in total. The van der Waals surface area contributed by atoms with Crippen molar-refractivity contribution in [2.75, 3.05) is 0 Å². The van der Waals surface area contributed by atoms with E-state index in [0.717, 1.165) is 11.3 Å². The summed E-state index contributed by atoms with van der Waals surface area (Å²) in [4.78, 5) is 16.2. The van der Waals surface area contributed by atoms with Gasteiger partial charge in [-0.05, 0) is 36.8 Å². The van der Waals surface area contributed by atoms with Crippen molar-refractivity contribution in [3.63, 3.8) is 0 Å². The number of rotatable bonds is 4. The second-order valence-electron chi connectivity index (χ2n) is 5.11. The Bertz CT molecular complexity index is 873. The van der Waals surface area contributed by atoms with Crippen molar-refractivity contribution >= 4 is 0 Å². The van der Waals surface area contributed by atoms with E-state index in [-0.39, 0.29) is 18.0 Å². The molecule has 0 bridgehead atoms. The zero-order valence-electron chi connectivity index (χ0n) is 12.6. The molecule has 0 N–H and O–H groups in total. The van der Waals surface area contributed by atoms with Crippen LogP contribution in [0, 0.1) is 12.7 Å². The Morgan fingerprint density at radius 1 is 1.13 bits per heavy atom. The van der Waals surface area contributed by atoms with Crippen LogP contribution < -0.4 is 10.3 Å². The lowest BCUT2D eigenvalue weighted by Crippen LogP contribution is -2.18. The summed E-state index contributed by atoms with van der Waals surface area (Å²) in [6.07, 6.45) is 1.59. The minimum absolute atomic E-state index is 0.110. The maximum absolute atomic E-state index is 12.9.